The molecular weight excluding hydrogens is 424 g/mol. The maximum Gasteiger partial charge on any atom is 0.337 e. The number of anilines is 1. The Balaban J connectivity index is 1.72. The fourth-order valence-electron chi connectivity index (χ4n) is 4.89. The first kappa shape index (κ1) is 21.0. The summed E-state index contributed by atoms with van der Waals surface area (Å²) in [7, 11) is 0. The molecule has 158 valence electrons. The molecule has 1 aliphatic carbocycles. The third-order valence-electron chi connectivity index (χ3n) is 6.18. The summed E-state index contributed by atoms with van der Waals surface area (Å²) >= 11 is 8.46. The van der Waals surface area contributed by atoms with E-state index in [1.54, 1.807) is 30.3 Å². The van der Waals surface area contributed by atoms with Crippen LogP contribution in [-0.4, -0.2) is 32.7 Å². The molecule has 5 unspecified atom stereocenters. The SMILES string of the molecule is CC(C)C1Nc2c(C(=O)O)cccc2C2C(Cl)C(Sc3ccccc3[N+](=O)[O-])CC12. The average molecular weight is 447 g/mol. The second kappa shape index (κ2) is 8.12. The van der Waals surface area contributed by atoms with Crippen LogP contribution in [0.25, 0.3) is 0 Å². The lowest BCUT2D eigenvalue weighted by atomic mass is 9.75. The van der Waals surface area contributed by atoms with Gasteiger partial charge in [-0.05, 0) is 36.0 Å². The summed E-state index contributed by atoms with van der Waals surface area (Å²) in [5.74, 6) is -0.458. The van der Waals surface area contributed by atoms with Crippen LogP contribution in [0.3, 0.4) is 0 Å². The predicted molar refractivity (Wildman–Crippen MR) is 119 cm³/mol. The summed E-state index contributed by atoms with van der Waals surface area (Å²) in [6.45, 7) is 4.24. The Hall–Kier alpha value is -2.25. The Labute approximate surface area is 184 Å². The van der Waals surface area contributed by atoms with E-state index in [0.717, 1.165) is 12.0 Å². The van der Waals surface area contributed by atoms with Gasteiger partial charge in [0.15, 0.2) is 0 Å². The predicted octanol–water partition coefficient (Wildman–Crippen LogP) is 5.61. The number of aromatic carboxylic acids is 1. The first-order chi connectivity index (χ1) is 14.3. The molecule has 2 N–H and O–H groups in total. The van der Waals surface area contributed by atoms with E-state index in [2.05, 4.69) is 19.2 Å². The summed E-state index contributed by atoms with van der Waals surface area (Å²) < 4.78 is 0. The van der Waals surface area contributed by atoms with E-state index < -0.39 is 5.97 Å². The monoisotopic (exact) mass is 446 g/mol. The van der Waals surface area contributed by atoms with Crippen LogP contribution in [-0.2, 0) is 0 Å². The number of carboxylic acids is 1. The topological polar surface area (TPSA) is 92.5 Å². The molecule has 30 heavy (non-hydrogen) atoms. The largest absolute Gasteiger partial charge is 0.478 e. The number of thioether (sulfide) groups is 1. The number of rotatable bonds is 5. The fraction of sp³-hybridized carbons (Fsp3) is 0.409. The number of fused-ring (bicyclic) bond motifs is 3. The maximum absolute atomic E-state index is 11.8. The van der Waals surface area contributed by atoms with E-state index in [4.69, 9.17) is 11.6 Å². The van der Waals surface area contributed by atoms with Crippen LogP contribution in [0.2, 0.25) is 0 Å². The second-order valence-electron chi connectivity index (χ2n) is 8.24. The second-order valence-corrected chi connectivity index (χ2v) is 10.0. The van der Waals surface area contributed by atoms with Crippen molar-refractivity contribution in [1.29, 1.82) is 0 Å². The molecule has 0 bridgehead atoms. The Kier molecular flexibility index (Phi) is 5.68. The Morgan fingerprint density at radius 3 is 2.67 bits per heavy atom. The number of carbonyl (C=O) groups is 1. The lowest BCUT2D eigenvalue weighted by molar-refractivity contribution is -0.387. The van der Waals surface area contributed by atoms with Gasteiger partial charge in [-0.15, -0.1) is 23.4 Å². The van der Waals surface area contributed by atoms with Gasteiger partial charge in [-0.25, -0.2) is 4.79 Å². The highest BCUT2D eigenvalue weighted by atomic mass is 35.5. The zero-order valence-corrected chi connectivity index (χ0v) is 18.2. The van der Waals surface area contributed by atoms with Crippen LogP contribution < -0.4 is 5.32 Å². The minimum atomic E-state index is -0.963. The minimum Gasteiger partial charge on any atom is -0.478 e. The Morgan fingerprint density at radius 1 is 1.27 bits per heavy atom. The lowest BCUT2D eigenvalue weighted by Crippen LogP contribution is -2.41. The Morgan fingerprint density at radius 2 is 2.00 bits per heavy atom. The van der Waals surface area contributed by atoms with Gasteiger partial charge in [0.25, 0.3) is 5.69 Å². The highest BCUT2D eigenvalue weighted by Gasteiger charge is 2.51. The number of nitro benzene ring substituents is 1. The molecular formula is C22H23ClN2O4S. The molecule has 2 aromatic carbocycles. The van der Waals surface area contributed by atoms with Crippen LogP contribution in [0.5, 0.6) is 0 Å². The molecule has 1 aliphatic heterocycles. The number of benzene rings is 2. The van der Waals surface area contributed by atoms with Crippen molar-refractivity contribution in [2.45, 2.75) is 47.8 Å². The van der Waals surface area contributed by atoms with Gasteiger partial charge in [0.05, 0.1) is 26.4 Å². The molecule has 1 saturated carbocycles. The third kappa shape index (κ3) is 3.54. The van der Waals surface area contributed by atoms with Crippen molar-refractivity contribution in [2.75, 3.05) is 5.32 Å². The van der Waals surface area contributed by atoms with Gasteiger partial charge in [-0.1, -0.05) is 38.1 Å². The van der Waals surface area contributed by atoms with Gasteiger partial charge in [0, 0.05) is 23.3 Å². The number of carboxylic acid groups (broad SMARTS) is 1. The van der Waals surface area contributed by atoms with E-state index in [1.165, 1.54) is 17.8 Å². The number of hydrogen-bond donors (Lipinski definition) is 2. The van der Waals surface area contributed by atoms with Crippen molar-refractivity contribution in [3.63, 3.8) is 0 Å². The third-order valence-corrected chi connectivity index (χ3v) is 8.29. The summed E-state index contributed by atoms with van der Waals surface area (Å²) in [5.41, 5.74) is 1.94. The summed E-state index contributed by atoms with van der Waals surface area (Å²) in [5, 5.41) is 24.3. The van der Waals surface area contributed by atoms with Crippen molar-refractivity contribution in [3.05, 3.63) is 63.7 Å². The number of nitro groups is 1. The van der Waals surface area contributed by atoms with Gasteiger partial charge in [-0.3, -0.25) is 10.1 Å². The van der Waals surface area contributed by atoms with E-state index in [1.807, 2.05) is 6.07 Å². The number of nitrogens with zero attached hydrogens (tertiary/aromatic N) is 1. The van der Waals surface area contributed by atoms with E-state index in [9.17, 15) is 20.0 Å². The molecule has 1 fully saturated rings. The van der Waals surface area contributed by atoms with Crippen LogP contribution in [0.4, 0.5) is 11.4 Å². The molecule has 0 amide bonds. The molecule has 0 radical (unpaired) electrons. The minimum absolute atomic E-state index is 0.00474. The van der Waals surface area contributed by atoms with E-state index in [-0.39, 0.29) is 50.6 Å². The molecule has 0 spiro atoms. The number of alkyl halides is 1. The molecule has 2 aliphatic rings. The fourth-order valence-corrected chi connectivity index (χ4v) is 6.83. The van der Waals surface area contributed by atoms with Gasteiger partial charge in [0.1, 0.15) is 0 Å². The molecule has 1 heterocycles. The van der Waals surface area contributed by atoms with Gasteiger partial charge in [0.2, 0.25) is 0 Å². The molecule has 4 rings (SSSR count). The quantitative estimate of drug-likeness (QED) is 0.352. The van der Waals surface area contributed by atoms with Crippen molar-refractivity contribution in [3.8, 4) is 0 Å². The van der Waals surface area contributed by atoms with Gasteiger partial charge < -0.3 is 10.4 Å². The number of hydrogen-bond acceptors (Lipinski definition) is 5. The van der Waals surface area contributed by atoms with E-state index >= 15 is 0 Å². The summed E-state index contributed by atoms with van der Waals surface area (Å²) in [6.07, 6.45) is 0.808. The van der Waals surface area contributed by atoms with Crippen molar-refractivity contribution in [2.24, 2.45) is 11.8 Å². The molecule has 0 saturated heterocycles. The Bertz CT molecular complexity index is 999. The van der Waals surface area contributed by atoms with E-state index in [0.29, 0.717) is 10.6 Å². The molecule has 2 aromatic rings. The van der Waals surface area contributed by atoms with Crippen molar-refractivity contribution >= 4 is 40.7 Å². The summed E-state index contributed by atoms with van der Waals surface area (Å²) in [6, 6.07) is 12.2. The zero-order chi connectivity index (χ0) is 21.6. The van der Waals surface area contributed by atoms with Crippen LogP contribution in [0.15, 0.2) is 47.4 Å². The normalized spacial score (nSPS) is 27.3. The van der Waals surface area contributed by atoms with Crippen LogP contribution in [0, 0.1) is 22.0 Å². The first-order valence-corrected chi connectivity index (χ1v) is 11.3. The van der Waals surface area contributed by atoms with Crippen LogP contribution >= 0.6 is 23.4 Å². The molecule has 0 aromatic heterocycles. The number of para-hydroxylation sites is 2. The number of nitrogens with one attached hydrogen (secondary N) is 1. The van der Waals surface area contributed by atoms with Crippen molar-refractivity contribution < 1.29 is 14.8 Å². The molecule has 5 atom stereocenters. The zero-order valence-electron chi connectivity index (χ0n) is 16.6. The highest BCUT2D eigenvalue weighted by Crippen LogP contribution is 2.56. The lowest BCUT2D eigenvalue weighted by Gasteiger charge is -2.40. The first-order valence-electron chi connectivity index (χ1n) is 9.96. The van der Waals surface area contributed by atoms with Crippen LogP contribution in [0.1, 0.15) is 42.1 Å². The average Bonchev–Trinajstić information content (AvgIpc) is 3.03. The summed E-state index contributed by atoms with van der Waals surface area (Å²) in [4.78, 5) is 23.5. The highest BCUT2D eigenvalue weighted by molar-refractivity contribution is 8.00. The molecule has 8 heteroatoms. The molecule has 6 nitrogen and oxygen atoms in total. The standard InChI is InChI=1S/C22H23ClN2O4S/c1-11(2)20-14-10-17(30-16-9-4-3-8-15(16)25(28)29)19(23)18(14)12-6-5-7-13(22(26)27)21(12)24-20/h3-9,11,14,17-20,24H,10H2,1-2H3,(H,26,27). The van der Waals surface area contributed by atoms with Gasteiger partial charge in [-0.2, -0.15) is 0 Å². The smallest absolute Gasteiger partial charge is 0.337 e. The maximum atomic E-state index is 11.8. The van der Waals surface area contributed by atoms with Gasteiger partial charge >= 0.3 is 5.97 Å². The number of halogens is 1. The van der Waals surface area contributed by atoms with Crippen molar-refractivity contribution in [1.82, 2.24) is 0 Å².